The lowest BCUT2D eigenvalue weighted by Gasteiger charge is -2.18. The first-order valence-corrected chi connectivity index (χ1v) is 7.61. The van der Waals surface area contributed by atoms with Crippen LogP contribution >= 0.6 is 0 Å². The fourth-order valence-electron chi connectivity index (χ4n) is 2.30. The van der Waals surface area contributed by atoms with Crippen LogP contribution in [0.5, 0.6) is 0 Å². The maximum absolute atomic E-state index is 12.6. The molecule has 2 rings (SSSR count). The van der Waals surface area contributed by atoms with Gasteiger partial charge in [-0.3, -0.25) is 4.79 Å². The Morgan fingerprint density at radius 3 is 2.08 bits per heavy atom. The van der Waals surface area contributed by atoms with E-state index in [1.165, 1.54) is 12.1 Å². The molecule has 5 nitrogen and oxygen atoms in total. The van der Waals surface area contributed by atoms with Gasteiger partial charge in [0.15, 0.2) is 6.10 Å². The fourth-order valence-corrected chi connectivity index (χ4v) is 2.30. The summed E-state index contributed by atoms with van der Waals surface area (Å²) in [6.45, 7) is 0. The number of carboxylic acids is 1. The van der Waals surface area contributed by atoms with Gasteiger partial charge >= 0.3 is 12.1 Å². The molecule has 26 heavy (non-hydrogen) atoms. The lowest BCUT2D eigenvalue weighted by atomic mass is 10.0. The Kier molecular flexibility index (Phi) is 5.99. The third-order valence-electron chi connectivity index (χ3n) is 3.70. The number of carbonyl (C=O) groups is 2. The highest BCUT2D eigenvalue weighted by molar-refractivity contribution is 5.87. The van der Waals surface area contributed by atoms with E-state index in [-0.39, 0.29) is 6.42 Å². The third-order valence-corrected chi connectivity index (χ3v) is 3.70. The second-order valence-electron chi connectivity index (χ2n) is 5.61. The standard InChI is InChI=1S/C18H16F3NO4/c19-18(20,21)13-8-6-11(7-9-13)10-14(17(25)26)22-16(24)15(23)12-4-2-1-3-5-12/h1-9,14-15,23H,10H2,(H,22,24)(H,25,26)/t14-,15+/m1/s1. The van der Waals surface area contributed by atoms with Gasteiger partial charge in [0.25, 0.3) is 5.91 Å². The second kappa shape index (κ2) is 8.01. The third kappa shape index (κ3) is 5.06. The van der Waals surface area contributed by atoms with Crippen molar-refractivity contribution in [1.29, 1.82) is 0 Å². The topological polar surface area (TPSA) is 86.6 Å². The molecule has 0 aliphatic heterocycles. The number of benzene rings is 2. The molecule has 0 saturated heterocycles. The van der Waals surface area contributed by atoms with E-state index >= 15 is 0 Å². The van der Waals surface area contributed by atoms with Gasteiger partial charge in [-0.25, -0.2) is 4.79 Å². The second-order valence-corrected chi connectivity index (χ2v) is 5.61. The van der Waals surface area contributed by atoms with Crippen molar-refractivity contribution in [3.63, 3.8) is 0 Å². The van der Waals surface area contributed by atoms with E-state index in [0.29, 0.717) is 11.1 Å². The van der Waals surface area contributed by atoms with E-state index in [1.807, 2.05) is 0 Å². The molecule has 8 heteroatoms. The molecular weight excluding hydrogens is 351 g/mol. The molecule has 0 bridgehead atoms. The molecule has 0 saturated carbocycles. The zero-order valence-electron chi connectivity index (χ0n) is 13.4. The van der Waals surface area contributed by atoms with Gasteiger partial charge in [0.05, 0.1) is 5.56 Å². The normalized spacial score (nSPS) is 13.7. The number of alkyl halides is 3. The molecule has 0 spiro atoms. The minimum Gasteiger partial charge on any atom is -0.480 e. The van der Waals surface area contributed by atoms with Crippen LogP contribution in [0, 0.1) is 0 Å². The molecule has 2 aromatic rings. The Hall–Kier alpha value is -2.87. The number of carbonyl (C=O) groups excluding carboxylic acids is 1. The fraction of sp³-hybridized carbons (Fsp3) is 0.222. The van der Waals surface area contributed by atoms with Gasteiger partial charge in [0.1, 0.15) is 6.04 Å². The summed E-state index contributed by atoms with van der Waals surface area (Å²) in [7, 11) is 0. The summed E-state index contributed by atoms with van der Waals surface area (Å²) < 4.78 is 37.7. The Bertz CT molecular complexity index is 760. The van der Waals surface area contributed by atoms with Crippen molar-refractivity contribution >= 4 is 11.9 Å². The first-order chi connectivity index (χ1) is 12.2. The van der Waals surface area contributed by atoms with Gasteiger partial charge in [-0.1, -0.05) is 42.5 Å². The average molecular weight is 367 g/mol. The number of amides is 1. The molecule has 0 aliphatic carbocycles. The number of aliphatic hydroxyl groups excluding tert-OH is 1. The number of hydrogen-bond acceptors (Lipinski definition) is 3. The number of aliphatic carboxylic acids is 1. The summed E-state index contributed by atoms with van der Waals surface area (Å²) in [5, 5.41) is 21.4. The Balaban J connectivity index is 2.07. The van der Waals surface area contributed by atoms with Gasteiger partial charge in [0, 0.05) is 6.42 Å². The minimum atomic E-state index is -4.49. The molecule has 2 atom stereocenters. The SMILES string of the molecule is O=C(N[C@H](Cc1ccc(C(F)(F)F)cc1)C(=O)O)[C@@H](O)c1ccccc1. The number of carboxylic acid groups (broad SMARTS) is 1. The molecule has 2 aromatic carbocycles. The zero-order chi connectivity index (χ0) is 19.3. The van der Waals surface area contributed by atoms with E-state index in [4.69, 9.17) is 0 Å². The molecule has 3 N–H and O–H groups in total. The largest absolute Gasteiger partial charge is 0.480 e. The molecule has 0 aliphatic rings. The summed E-state index contributed by atoms with van der Waals surface area (Å²) in [6.07, 6.45) is -6.26. The van der Waals surface area contributed by atoms with Gasteiger partial charge < -0.3 is 15.5 Å². The van der Waals surface area contributed by atoms with Crippen LogP contribution in [0.4, 0.5) is 13.2 Å². The van der Waals surface area contributed by atoms with Crippen molar-refractivity contribution in [2.24, 2.45) is 0 Å². The predicted molar refractivity (Wildman–Crippen MR) is 86.1 cm³/mol. The van der Waals surface area contributed by atoms with Crippen molar-refractivity contribution in [2.75, 3.05) is 0 Å². The number of halogens is 3. The van der Waals surface area contributed by atoms with E-state index in [2.05, 4.69) is 5.32 Å². The van der Waals surface area contributed by atoms with Crippen LogP contribution in [0.25, 0.3) is 0 Å². The summed E-state index contributed by atoms with van der Waals surface area (Å²) in [4.78, 5) is 23.4. The molecule has 1 amide bonds. The lowest BCUT2D eigenvalue weighted by molar-refractivity contribution is -0.143. The van der Waals surface area contributed by atoms with Crippen LogP contribution in [-0.2, 0) is 22.2 Å². The van der Waals surface area contributed by atoms with Gasteiger partial charge in [0.2, 0.25) is 0 Å². The minimum absolute atomic E-state index is 0.222. The van der Waals surface area contributed by atoms with Crippen LogP contribution in [0.2, 0.25) is 0 Å². The molecule has 0 aromatic heterocycles. The summed E-state index contributed by atoms with van der Waals surface area (Å²) in [5.74, 6) is -2.27. The molecule has 0 radical (unpaired) electrons. The first kappa shape index (κ1) is 19.5. The first-order valence-electron chi connectivity index (χ1n) is 7.61. The summed E-state index contributed by atoms with van der Waals surface area (Å²) in [5.41, 5.74) is -0.250. The van der Waals surface area contributed by atoms with E-state index in [1.54, 1.807) is 18.2 Å². The highest BCUT2D eigenvalue weighted by Crippen LogP contribution is 2.29. The number of hydrogen-bond donors (Lipinski definition) is 3. The van der Waals surface area contributed by atoms with Crippen molar-refractivity contribution in [2.45, 2.75) is 24.7 Å². The van der Waals surface area contributed by atoms with Crippen LogP contribution in [0.1, 0.15) is 22.8 Å². The van der Waals surface area contributed by atoms with E-state index in [0.717, 1.165) is 24.3 Å². The average Bonchev–Trinajstić information content (AvgIpc) is 2.60. The van der Waals surface area contributed by atoms with Crippen molar-refractivity contribution in [3.8, 4) is 0 Å². The quantitative estimate of drug-likeness (QED) is 0.732. The van der Waals surface area contributed by atoms with Crippen molar-refractivity contribution in [3.05, 3.63) is 71.3 Å². The van der Waals surface area contributed by atoms with Crippen LogP contribution < -0.4 is 5.32 Å². The molecule has 0 heterocycles. The van der Waals surface area contributed by atoms with Crippen LogP contribution in [-0.4, -0.2) is 28.1 Å². The van der Waals surface area contributed by atoms with Gasteiger partial charge in [-0.15, -0.1) is 0 Å². The number of rotatable bonds is 6. The van der Waals surface area contributed by atoms with E-state index in [9.17, 15) is 33.0 Å². The monoisotopic (exact) mass is 367 g/mol. The Morgan fingerprint density at radius 1 is 1.00 bits per heavy atom. The highest BCUT2D eigenvalue weighted by Gasteiger charge is 2.30. The smallest absolute Gasteiger partial charge is 0.416 e. The Labute approximate surface area is 147 Å². The molecular formula is C18H16F3NO4. The lowest BCUT2D eigenvalue weighted by Crippen LogP contribution is -2.44. The Morgan fingerprint density at radius 2 is 1.58 bits per heavy atom. The van der Waals surface area contributed by atoms with Crippen LogP contribution in [0.15, 0.2) is 54.6 Å². The maximum Gasteiger partial charge on any atom is 0.416 e. The molecule has 138 valence electrons. The van der Waals surface area contributed by atoms with Crippen LogP contribution in [0.3, 0.4) is 0 Å². The number of nitrogens with one attached hydrogen (secondary N) is 1. The molecule has 0 unspecified atom stereocenters. The van der Waals surface area contributed by atoms with Gasteiger partial charge in [-0.2, -0.15) is 13.2 Å². The van der Waals surface area contributed by atoms with Crippen molar-refractivity contribution in [1.82, 2.24) is 5.32 Å². The molecule has 0 fully saturated rings. The van der Waals surface area contributed by atoms with Gasteiger partial charge in [-0.05, 0) is 23.3 Å². The number of aliphatic hydroxyl groups is 1. The van der Waals surface area contributed by atoms with Crippen molar-refractivity contribution < 1.29 is 33.0 Å². The highest BCUT2D eigenvalue weighted by atomic mass is 19.4. The van der Waals surface area contributed by atoms with E-state index < -0.39 is 35.8 Å². The predicted octanol–water partition coefficient (Wildman–Crippen LogP) is 2.55. The maximum atomic E-state index is 12.6. The summed E-state index contributed by atoms with van der Waals surface area (Å²) >= 11 is 0. The zero-order valence-corrected chi connectivity index (χ0v) is 13.4. The summed E-state index contributed by atoms with van der Waals surface area (Å²) in [6, 6.07) is 10.5.